The van der Waals surface area contributed by atoms with Crippen LogP contribution in [0.1, 0.15) is 37.0 Å². The molecule has 0 aromatic heterocycles. The van der Waals surface area contributed by atoms with Crippen molar-refractivity contribution >= 4 is 5.91 Å². The standard InChI is InChI=1S/C17H24N2O2/c1-12-6-8-19(14(10-12)11-18)17(20)16-15-5-3-2-4-13(15)7-9-21-16/h2-5,12,14,16H,6-11,18H2,1H3. The first kappa shape index (κ1) is 14.5. The van der Waals surface area contributed by atoms with Gasteiger partial charge in [0.2, 0.25) is 0 Å². The first-order valence-electron chi connectivity index (χ1n) is 7.90. The third-order valence-corrected chi connectivity index (χ3v) is 4.75. The van der Waals surface area contributed by atoms with E-state index in [0.29, 0.717) is 19.1 Å². The van der Waals surface area contributed by atoms with Crippen LogP contribution in [0.5, 0.6) is 0 Å². The van der Waals surface area contributed by atoms with Crippen LogP contribution in [0.4, 0.5) is 0 Å². The summed E-state index contributed by atoms with van der Waals surface area (Å²) in [5.41, 5.74) is 8.15. The molecule has 2 heterocycles. The second kappa shape index (κ2) is 6.16. The molecule has 3 rings (SSSR count). The maximum absolute atomic E-state index is 12.9. The highest BCUT2D eigenvalue weighted by atomic mass is 16.5. The van der Waals surface area contributed by atoms with Crippen molar-refractivity contribution in [3.63, 3.8) is 0 Å². The Bertz CT molecular complexity index is 517. The van der Waals surface area contributed by atoms with Gasteiger partial charge in [0.05, 0.1) is 6.61 Å². The fourth-order valence-corrected chi connectivity index (χ4v) is 3.51. The summed E-state index contributed by atoms with van der Waals surface area (Å²) in [7, 11) is 0. The van der Waals surface area contributed by atoms with E-state index >= 15 is 0 Å². The Labute approximate surface area is 126 Å². The van der Waals surface area contributed by atoms with Gasteiger partial charge in [-0.3, -0.25) is 4.79 Å². The van der Waals surface area contributed by atoms with Gasteiger partial charge in [0.25, 0.3) is 5.91 Å². The summed E-state index contributed by atoms with van der Waals surface area (Å²) in [5.74, 6) is 0.728. The molecule has 114 valence electrons. The van der Waals surface area contributed by atoms with Gasteiger partial charge in [0.15, 0.2) is 6.10 Å². The normalized spacial score (nSPS) is 29.0. The number of hydrogen-bond donors (Lipinski definition) is 1. The van der Waals surface area contributed by atoms with Crippen molar-refractivity contribution in [1.29, 1.82) is 0 Å². The van der Waals surface area contributed by atoms with E-state index in [2.05, 4.69) is 13.0 Å². The zero-order valence-electron chi connectivity index (χ0n) is 12.6. The number of carbonyl (C=O) groups excluding carboxylic acids is 1. The van der Waals surface area contributed by atoms with Crippen LogP contribution in [-0.4, -0.2) is 36.5 Å². The lowest BCUT2D eigenvalue weighted by atomic mass is 9.90. The predicted molar refractivity (Wildman–Crippen MR) is 81.8 cm³/mol. The SMILES string of the molecule is CC1CCN(C(=O)C2OCCc3ccccc32)C(CN)C1. The van der Waals surface area contributed by atoms with E-state index in [1.807, 2.05) is 23.1 Å². The number of amides is 1. The summed E-state index contributed by atoms with van der Waals surface area (Å²) < 4.78 is 5.81. The number of nitrogens with two attached hydrogens (primary N) is 1. The molecule has 0 saturated carbocycles. The average molecular weight is 288 g/mol. The maximum atomic E-state index is 12.9. The number of nitrogens with zero attached hydrogens (tertiary/aromatic N) is 1. The molecule has 3 unspecified atom stereocenters. The van der Waals surface area contributed by atoms with E-state index in [0.717, 1.165) is 31.4 Å². The minimum atomic E-state index is -0.447. The number of likely N-dealkylation sites (tertiary alicyclic amines) is 1. The van der Waals surface area contributed by atoms with E-state index in [1.165, 1.54) is 5.56 Å². The van der Waals surface area contributed by atoms with E-state index in [1.54, 1.807) is 0 Å². The van der Waals surface area contributed by atoms with Crippen molar-refractivity contribution in [3.8, 4) is 0 Å². The highest BCUT2D eigenvalue weighted by Crippen LogP contribution is 2.31. The van der Waals surface area contributed by atoms with Gasteiger partial charge in [-0.25, -0.2) is 0 Å². The zero-order valence-corrected chi connectivity index (χ0v) is 12.6. The van der Waals surface area contributed by atoms with Crippen molar-refractivity contribution in [2.75, 3.05) is 19.7 Å². The summed E-state index contributed by atoms with van der Waals surface area (Å²) in [6.45, 7) is 4.18. The minimum absolute atomic E-state index is 0.0875. The fraction of sp³-hybridized carbons (Fsp3) is 0.588. The summed E-state index contributed by atoms with van der Waals surface area (Å²) in [5, 5.41) is 0. The molecule has 0 spiro atoms. The Morgan fingerprint density at radius 3 is 3.05 bits per heavy atom. The highest BCUT2D eigenvalue weighted by Gasteiger charge is 2.36. The Balaban J connectivity index is 1.82. The molecule has 0 aliphatic carbocycles. The zero-order chi connectivity index (χ0) is 14.8. The Morgan fingerprint density at radius 1 is 1.43 bits per heavy atom. The van der Waals surface area contributed by atoms with Gasteiger partial charge >= 0.3 is 0 Å². The summed E-state index contributed by atoms with van der Waals surface area (Å²) in [6, 6.07) is 8.26. The van der Waals surface area contributed by atoms with Crippen molar-refractivity contribution in [2.45, 2.75) is 38.3 Å². The van der Waals surface area contributed by atoms with E-state index in [9.17, 15) is 4.79 Å². The van der Waals surface area contributed by atoms with Gasteiger partial charge in [0, 0.05) is 19.1 Å². The van der Waals surface area contributed by atoms with Crippen LogP contribution in [0, 0.1) is 5.92 Å². The van der Waals surface area contributed by atoms with Gasteiger partial charge in [-0.1, -0.05) is 31.2 Å². The number of piperidine rings is 1. The lowest BCUT2D eigenvalue weighted by molar-refractivity contribution is -0.149. The van der Waals surface area contributed by atoms with Crippen LogP contribution in [0.25, 0.3) is 0 Å². The third kappa shape index (κ3) is 2.83. The quantitative estimate of drug-likeness (QED) is 0.904. The largest absolute Gasteiger partial charge is 0.363 e. The van der Waals surface area contributed by atoms with E-state index in [4.69, 9.17) is 10.5 Å². The number of fused-ring (bicyclic) bond motifs is 1. The molecule has 4 nitrogen and oxygen atoms in total. The molecule has 4 heteroatoms. The van der Waals surface area contributed by atoms with Gasteiger partial charge < -0.3 is 15.4 Å². The lowest BCUT2D eigenvalue weighted by Crippen LogP contribution is -2.51. The van der Waals surface area contributed by atoms with E-state index < -0.39 is 6.10 Å². The van der Waals surface area contributed by atoms with Crippen LogP contribution < -0.4 is 5.73 Å². The molecular weight excluding hydrogens is 264 g/mol. The van der Waals surface area contributed by atoms with Crippen LogP contribution in [-0.2, 0) is 16.0 Å². The first-order valence-corrected chi connectivity index (χ1v) is 7.90. The van der Waals surface area contributed by atoms with E-state index in [-0.39, 0.29) is 11.9 Å². The lowest BCUT2D eigenvalue weighted by Gasteiger charge is -2.40. The minimum Gasteiger partial charge on any atom is -0.363 e. The topological polar surface area (TPSA) is 55.6 Å². The fourth-order valence-electron chi connectivity index (χ4n) is 3.51. The molecule has 1 fully saturated rings. The molecule has 2 aliphatic rings. The van der Waals surface area contributed by atoms with Gasteiger partial charge in [-0.2, -0.15) is 0 Å². The maximum Gasteiger partial charge on any atom is 0.256 e. The van der Waals surface area contributed by atoms with Crippen LogP contribution in [0.2, 0.25) is 0 Å². The molecule has 1 aromatic rings. The van der Waals surface area contributed by atoms with Gasteiger partial charge in [-0.05, 0) is 36.3 Å². The number of ether oxygens (including phenoxy) is 1. The van der Waals surface area contributed by atoms with Crippen LogP contribution >= 0.6 is 0 Å². The molecule has 1 aromatic carbocycles. The third-order valence-electron chi connectivity index (χ3n) is 4.75. The number of benzene rings is 1. The second-order valence-corrected chi connectivity index (χ2v) is 6.25. The second-order valence-electron chi connectivity index (χ2n) is 6.25. The smallest absolute Gasteiger partial charge is 0.256 e. The van der Waals surface area contributed by atoms with Gasteiger partial charge in [-0.15, -0.1) is 0 Å². The molecule has 2 N–H and O–H groups in total. The van der Waals surface area contributed by atoms with Crippen molar-refractivity contribution in [3.05, 3.63) is 35.4 Å². The van der Waals surface area contributed by atoms with Crippen LogP contribution in [0.15, 0.2) is 24.3 Å². The molecule has 0 bridgehead atoms. The summed E-state index contributed by atoms with van der Waals surface area (Å²) >= 11 is 0. The molecule has 3 atom stereocenters. The molecule has 1 saturated heterocycles. The predicted octanol–water partition coefficient (Wildman–Crippen LogP) is 1.89. The molecular formula is C17H24N2O2. The number of carbonyl (C=O) groups is 1. The van der Waals surface area contributed by atoms with Gasteiger partial charge in [0.1, 0.15) is 0 Å². The van der Waals surface area contributed by atoms with Crippen molar-refractivity contribution in [2.24, 2.45) is 11.7 Å². The Morgan fingerprint density at radius 2 is 2.24 bits per heavy atom. The average Bonchev–Trinajstić information content (AvgIpc) is 2.53. The Hall–Kier alpha value is -1.39. The van der Waals surface area contributed by atoms with Crippen LogP contribution in [0.3, 0.4) is 0 Å². The molecule has 0 radical (unpaired) electrons. The molecule has 2 aliphatic heterocycles. The number of hydrogen-bond acceptors (Lipinski definition) is 3. The van der Waals surface area contributed by atoms with Crippen molar-refractivity contribution < 1.29 is 9.53 Å². The summed E-state index contributed by atoms with van der Waals surface area (Å²) in [4.78, 5) is 14.9. The first-order chi connectivity index (χ1) is 10.2. The molecule has 1 amide bonds. The van der Waals surface area contributed by atoms with Crippen molar-refractivity contribution in [1.82, 2.24) is 4.90 Å². The number of rotatable bonds is 2. The monoisotopic (exact) mass is 288 g/mol. The molecule has 21 heavy (non-hydrogen) atoms. The Kier molecular flexibility index (Phi) is 4.27. The highest BCUT2D eigenvalue weighted by molar-refractivity contribution is 5.83. The summed E-state index contributed by atoms with van der Waals surface area (Å²) in [6.07, 6.45) is 2.49.